The first-order chi connectivity index (χ1) is 19.3. The van der Waals surface area contributed by atoms with Crippen LogP contribution in [-0.2, 0) is 16.4 Å². The zero-order valence-electron chi connectivity index (χ0n) is 21.7. The highest BCUT2D eigenvalue weighted by Gasteiger charge is 2.32. The lowest BCUT2D eigenvalue weighted by atomic mass is 9.86. The number of halogens is 1. The number of nitriles is 1. The summed E-state index contributed by atoms with van der Waals surface area (Å²) in [6.07, 6.45) is 3.27. The van der Waals surface area contributed by atoms with E-state index in [-0.39, 0.29) is 22.7 Å². The summed E-state index contributed by atoms with van der Waals surface area (Å²) in [5.74, 6) is 0.196. The Morgan fingerprint density at radius 2 is 1.68 bits per heavy atom. The van der Waals surface area contributed by atoms with Crippen molar-refractivity contribution in [1.82, 2.24) is 14.3 Å². The average Bonchev–Trinajstić information content (AvgIpc) is 2.98. The number of benzene rings is 3. The summed E-state index contributed by atoms with van der Waals surface area (Å²) in [5, 5.41) is 12.0. The summed E-state index contributed by atoms with van der Waals surface area (Å²) in [7, 11) is -3.66. The van der Waals surface area contributed by atoms with Crippen molar-refractivity contribution >= 4 is 21.7 Å². The molecule has 3 aromatic carbocycles. The molecular weight excluding hydrogens is 527 g/mol. The van der Waals surface area contributed by atoms with E-state index in [1.165, 1.54) is 16.4 Å². The fourth-order valence-electron chi connectivity index (χ4n) is 4.89. The van der Waals surface area contributed by atoms with Crippen LogP contribution in [0, 0.1) is 23.1 Å². The Hall–Kier alpha value is -4.17. The van der Waals surface area contributed by atoms with Crippen LogP contribution in [0.4, 0.5) is 16.0 Å². The molecule has 0 radical (unpaired) electrons. The first-order valence-corrected chi connectivity index (χ1v) is 14.4. The molecule has 204 valence electrons. The monoisotopic (exact) mass is 556 g/mol. The predicted octanol–water partition coefficient (Wildman–Crippen LogP) is 5.19. The van der Waals surface area contributed by atoms with E-state index in [0.717, 1.165) is 22.4 Å². The maximum Gasteiger partial charge on any atom is 0.243 e. The zero-order valence-corrected chi connectivity index (χ0v) is 22.6. The molecule has 0 bridgehead atoms. The Morgan fingerprint density at radius 3 is 2.33 bits per heavy atom. The van der Waals surface area contributed by atoms with Crippen molar-refractivity contribution in [2.45, 2.75) is 30.2 Å². The molecule has 40 heavy (non-hydrogen) atoms. The van der Waals surface area contributed by atoms with Crippen molar-refractivity contribution in [3.8, 4) is 17.3 Å². The molecule has 0 amide bonds. The summed E-state index contributed by atoms with van der Waals surface area (Å²) >= 11 is 0. The summed E-state index contributed by atoms with van der Waals surface area (Å²) in [6.45, 7) is 0.750. The first-order valence-electron chi connectivity index (χ1n) is 13.0. The summed E-state index contributed by atoms with van der Waals surface area (Å²) in [4.78, 5) is 9.06. The van der Waals surface area contributed by atoms with Crippen LogP contribution < -0.4 is 11.1 Å². The second kappa shape index (κ2) is 11.9. The van der Waals surface area contributed by atoms with Gasteiger partial charge in [0.15, 0.2) is 0 Å². The minimum atomic E-state index is -3.66. The number of sulfonamides is 1. The van der Waals surface area contributed by atoms with Crippen molar-refractivity contribution in [1.29, 1.82) is 5.26 Å². The van der Waals surface area contributed by atoms with Gasteiger partial charge in [-0.25, -0.2) is 22.8 Å². The molecule has 10 heteroatoms. The molecule has 1 saturated heterocycles. The number of nitrogens with zero attached hydrogens (tertiary/aromatic N) is 4. The quantitative estimate of drug-likeness (QED) is 0.306. The van der Waals surface area contributed by atoms with Crippen LogP contribution in [0.5, 0.6) is 0 Å². The van der Waals surface area contributed by atoms with E-state index in [0.29, 0.717) is 44.0 Å². The maximum absolute atomic E-state index is 13.3. The highest BCUT2D eigenvalue weighted by molar-refractivity contribution is 7.89. The van der Waals surface area contributed by atoms with Gasteiger partial charge in [-0.05, 0) is 72.4 Å². The average molecular weight is 557 g/mol. The Balaban J connectivity index is 1.21. The minimum Gasteiger partial charge on any atom is -0.324 e. The van der Waals surface area contributed by atoms with Gasteiger partial charge in [0.05, 0.1) is 23.1 Å². The molecule has 1 atom stereocenters. The van der Waals surface area contributed by atoms with Gasteiger partial charge in [0.25, 0.3) is 0 Å². The molecule has 8 nitrogen and oxygen atoms in total. The Labute approximate surface area is 233 Å². The lowest BCUT2D eigenvalue weighted by molar-refractivity contribution is 0.245. The van der Waals surface area contributed by atoms with E-state index in [1.54, 1.807) is 48.7 Å². The first kappa shape index (κ1) is 27.4. The Morgan fingerprint density at radius 1 is 1.00 bits per heavy atom. The molecular formula is C30H29FN6O2S. The van der Waals surface area contributed by atoms with Gasteiger partial charge in [-0.15, -0.1) is 0 Å². The molecule has 1 aliphatic rings. The highest BCUT2D eigenvalue weighted by Crippen LogP contribution is 2.32. The van der Waals surface area contributed by atoms with Gasteiger partial charge in [0.2, 0.25) is 16.0 Å². The number of piperidine rings is 1. The standard InChI is InChI=1S/C30H29FN6O2S/c31-25-7-5-23(6-8-25)29(33)24-15-19-37(20-16-24)40(38,39)27-11-9-26(10-12-27)35-30-34-18-14-28(36-30)22-3-1-21(2-4-22)13-17-32/h1-12,14,18,24,29H,13,15-16,19-20,33H2,(H,34,35,36)/t29-/m0/s1. The van der Waals surface area contributed by atoms with Crippen molar-refractivity contribution < 1.29 is 12.8 Å². The van der Waals surface area contributed by atoms with Crippen LogP contribution >= 0.6 is 0 Å². The molecule has 3 N–H and O–H groups in total. The third-order valence-electron chi connectivity index (χ3n) is 7.20. The number of rotatable bonds is 8. The minimum absolute atomic E-state index is 0.120. The smallest absolute Gasteiger partial charge is 0.243 e. The van der Waals surface area contributed by atoms with Crippen molar-refractivity contribution in [3.05, 3.63) is 102 Å². The van der Waals surface area contributed by atoms with Crippen molar-refractivity contribution in [2.24, 2.45) is 11.7 Å². The lowest BCUT2D eigenvalue weighted by Crippen LogP contribution is -2.40. The summed E-state index contributed by atoms with van der Waals surface area (Å²) < 4.78 is 41.3. The maximum atomic E-state index is 13.3. The SMILES string of the molecule is N#CCc1ccc(-c2ccnc(Nc3ccc(S(=O)(=O)N4CCC([C@@H](N)c5ccc(F)cc5)CC4)cc3)n2)cc1. The normalized spacial score (nSPS) is 15.3. The molecule has 0 aliphatic carbocycles. The van der Waals surface area contributed by atoms with Gasteiger partial charge in [0.1, 0.15) is 5.82 Å². The fraction of sp³-hybridized carbons (Fsp3) is 0.233. The van der Waals surface area contributed by atoms with Gasteiger partial charge < -0.3 is 11.1 Å². The van der Waals surface area contributed by atoms with E-state index in [1.807, 2.05) is 24.3 Å². The van der Waals surface area contributed by atoms with Crippen LogP contribution in [0.15, 0.2) is 90.0 Å². The predicted molar refractivity (Wildman–Crippen MR) is 151 cm³/mol. The fourth-order valence-corrected chi connectivity index (χ4v) is 6.35. The zero-order chi connectivity index (χ0) is 28.1. The molecule has 0 spiro atoms. The molecule has 1 aliphatic heterocycles. The van der Waals surface area contributed by atoms with E-state index in [4.69, 9.17) is 11.0 Å². The topological polar surface area (TPSA) is 125 Å². The largest absolute Gasteiger partial charge is 0.324 e. The Kier molecular flexibility index (Phi) is 8.16. The van der Waals surface area contributed by atoms with Crippen LogP contribution in [-0.4, -0.2) is 35.8 Å². The summed E-state index contributed by atoms with van der Waals surface area (Å²) in [5.41, 5.74) is 10.5. The van der Waals surface area contributed by atoms with Crippen molar-refractivity contribution in [3.63, 3.8) is 0 Å². The highest BCUT2D eigenvalue weighted by atomic mass is 32.2. The van der Waals surface area contributed by atoms with Crippen LogP contribution in [0.3, 0.4) is 0 Å². The van der Waals surface area contributed by atoms with E-state index in [9.17, 15) is 12.8 Å². The molecule has 2 heterocycles. The number of hydrogen-bond donors (Lipinski definition) is 2. The third-order valence-corrected chi connectivity index (χ3v) is 9.11. The lowest BCUT2D eigenvalue weighted by Gasteiger charge is -2.34. The van der Waals surface area contributed by atoms with E-state index >= 15 is 0 Å². The number of aromatic nitrogens is 2. The molecule has 1 fully saturated rings. The van der Waals surface area contributed by atoms with Gasteiger partial charge in [-0.1, -0.05) is 36.4 Å². The number of nitrogens with two attached hydrogens (primary N) is 1. The van der Waals surface area contributed by atoms with Crippen LogP contribution in [0.2, 0.25) is 0 Å². The van der Waals surface area contributed by atoms with E-state index < -0.39 is 10.0 Å². The molecule has 0 saturated carbocycles. The van der Waals surface area contributed by atoms with Crippen LogP contribution in [0.25, 0.3) is 11.3 Å². The number of hydrogen-bond acceptors (Lipinski definition) is 7. The molecule has 5 rings (SSSR count). The number of anilines is 2. The van der Waals surface area contributed by atoms with E-state index in [2.05, 4.69) is 21.4 Å². The second-order valence-electron chi connectivity index (χ2n) is 9.77. The van der Waals surface area contributed by atoms with Gasteiger partial charge >= 0.3 is 0 Å². The third kappa shape index (κ3) is 6.18. The number of nitrogens with one attached hydrogen (secondary N) is 1. The van der Waals surface area contributed by atoms with Crippen LogP contribution in [0.1, 0.15) is 30.0 Å². The molecule has 4 aromatic rings. The Bertz CT molecular complexity index is 1600. The second-order valence-corrected chi connectivity index (χ2v) is 11.7. The van der Waals surface area contributed by atoms with Gasteiger partial charge in [-0.2, -0.15) is 9.57 Å². The van der Waals surface area contributed by atoms with Gasteiger partial charge in [0, 0.05) is 36.6 Å². The van der Waals surface area contributed by atoms with Crippen molar-refractivity contribution in [2.75, 3.05) is 18.4 Å². The molecule has 1 aromatic heterocycles. The van der Waals surface area contributed by atoms with Gasteiger partial charge in [-0.3, -0.25) is 0 Å². The molecule has 0 unspecified atom stereocenters. The summed E-state index contributed by atoms with van der Waals surface area (Å²) in [6, 6.07) is 24.0.